The summed E-state index contributed by atoms with van der Waals surface area (Å²) in [5.74, 6) is -0.911. The molecule has 7 nitrogen and oxygen atoms in total. The van der Waals surface area contributed by atoms with Gasteiger partial charge in [-0.1, -0.05) is 0 Å². The van der Waals surface area contributed by atoms with Crippen LogP contribution in [0.15, 0.2) is 12.4 Å². The Bertz CT molecular complexity index is 1150. The predicted molar refractivity (Wildman–Crippen MR) is 110 cm³/mol. The van der Waals surface area contributed by atoms with E-state index in [0.717, 1.165) is 23.4 Å². The number of aromatic nitrogens is 6. The molecule has 0 spiro atoms. The Morgan fingerprint density at radius 2 is 1.75 bits per heavy atom. The molecule has 1 aliphatic carbocycles. The number of nitrogens with zero attached hydrogens (tertiary/aromatic N) is 6. The molecular formula is C22H25F3N6O. The normalized spacial score (nSPS) is 26.3. The molecule has 2 fully saturated rings. The molecule has 32 heavy (non-hydrogen) atoms. The molecule has 0 N–H and O–H groups in total. The van der Waals surface area contributed by atoms with Crippen LogP contribution in [-0.4, -0.2) is 42.5 Å². The summed E-state index contributed by atoms with van der Waals surface area (Å²) in [5, 5.41) is 4.23. The largest absolute Gasteiger partial charge is 0.391 e. The smallest absolute Gasteiger partial charge is 0.373 e. The molecule has 1 saturated heterocycles. The van der Waals surface area contributed by atoms with Gasteiger partial charge in [-0.05, 0) is 39.5 Å². The molecule has 0 radical (unpaired) electrons. The average Bonchev–Trinajstić information content (AvgIpc) is 3.13. The summed E-state index contributed by atoms with van der Waals surface area (Å²) in [6, 6.07) is 0. The van der Waals surface area contributed by atoms with Crippen LogP contribution in [0.25, 0.3) is 11.2 Å². The van der Waals surface area contributed by atoms with Gasteiger partial charge in [-0.15, -0.1) is 0 Å². The van der Waals surface area contributed by atoms with Gasteiger partial charge in [0.05, 0.1) is 35.3 Å². The third kappa shape index (κ3) is 3.85. The maximum Gasteiger partial charge on any atom is 0.391 e. The first-order valence-corrected chi connectivity index (χ1v) is 10.9. The van der Waals surface area contributed by atoms with Gasteiger partial charge in [0.1, 0.15) is 11.3 Å². The van der Waals surface area contributed by atoms with E-state index in [0.29, 0.717) is 35.7 Å². The highest BCUT2D eigenvalue weighted by Gasteiger charge is 2.49. The van der Waals surface area contributed by atoms with Gasteiger partial charge < -0.3 is 4.74 Å². The van der Waals surface area contributed by atoms with Crippen molar-refractivity contribution in [3.05, 3.63) is 40.9 Å². The Morgan fingerprint density at radius 3 is 2.44 bits per heavy atom. The lowest BCUT2D eigenvalue weighted by Crippen LogP contribution is -2.35. The van der Waals surface area contributed by atoms with Gasteiger partial charge in [-0.2, -0.15) is 18.3 Å². The lowest BCUT2D eigenvalue weighted by atomic mass is 9.72. The molecule has 3 aromatic rings. The molecule has 2 atom stereocenters. The van der Waals surface area contributed by atoms with E-state index in [1.54, 1.807) is 10.9 Å². The van der Waals surface area contributed by atoms with E-state index in [-0.39, 0.29) is 30.8 Å². The van der Waals surface area contributed by atoms with Crippen molar-refractivity contribution in [3.8, 4) is 0 Å². The molecule has 1 aliphatic heterocycles. The molecule has 2 unspecified atom stereocenters. The number of halogens is 3. The summed E-state index contributed by atoms with van der Waals surface area (Å²) in [5.41, 5.74) is 4.09. The highest BCUT2D eigenvalue weighted by molar-refractivity contribution is 5.73. The Kier molecular flexibility index (Phi) is 5.15. The molecule has 1 saturated carbocycles. The number of hydrogen-bond donors (Lipinski definition) is 0. The fourth-order valence-electron chi connectivity index (χ4n) is 4.60. The van der Waals surface area contributed by atoms with Gasteiger partial charge in [0.15, 0.2) is 5.65 Å². The first-order chi connectivity index (χ1) is 15.2. The maximum absolute atomic E-state index is 13.1. The van der Waals surface area contributed by atoms with Crippen molar-refractivity contribution in [1.82, 2.24) is 29.7 Å². The van der Waals surface area contributed by atoms with E-state index in [1.807, 2.05) is 27.1 Å². The topological polar surface area (TPSA) is 78.6 Å². The monoisotopic (exact) mass is 446 g/mol. The fraction of sp³-hybridized carbons (Fsp3) is 0.591. The molecule has 0 aromatic carbocycles. The molecule has 3 aromatic heterocycles. The van der Waals surface area contributed by atoms with Crippen molar-refractivity contribution >= 4 is 11.2 Å². The predicted octanol–water partition coefficient (Wildman–Crippen LogP) is 4.46. The maximum atomic E-state index is 13.1. The third-order valence-corrected chi connectivity index (χ3v) is 6.72. The van der Waals surface area contributed by atoms with E-state index < -0.39 is 12.1 Å². The van der Waals surface area contributed by atoms with Gasteiger partial charge in [0.25, 0.3) is 0 Å². The first kappa shape index (κ1) is 21.2. The quantitative estimate of drug-likeness (QED) is 0.591. The van der Waals surface area contributed by atoms with Crippen LogP contribution in [0.1, 0.15) is 72.1 Å². The van der Waals surface area contributed by atoms with Crippen LogP contribution in [0.2, 0.25) is 0 Å². The van der Waals surface area contributed by atoms with E-state index in [4.69, 9.17) is 14.7 Å². The van der Waals surface area contributed by atoms with Crippen molar-refractivity contribution in [3.63, 3.8) is 0 Å². The third-order valence-electron chi connectivity index (χ3n) is 6.72. The summed E-state index contributed by atoms with van der Waals surface area (Å²) in [4.78, 5) is 18.7. The zero-order chi connectivity index (χ0) is 22.6. The van der Waals surface area contributed by atoms with Crippen molar-refractivity contribution < 1.29 is 17.9 Å². The number of hydrogen-bond acceptors (Lipinski definition) is 6. The van der Waals surface area contributed by atoms with Crippen LogP contribution in [0.4, 0.5) is 13.2 Å². The lowest BCUT2D eigenvalue weighted by molar-refractivity contribution is -0.197. The fourth-order valence-corrected chi connectivity index (χ4v) is 4.60. The van der Waals surface area contributed by atoms with Gasteiger partial charge in [0, 0.05) is 37.3 Å². The minimum absolute atomic E-state index is 0.0269. The standard InChI is InChI=1S/C22H25F3N6O/c1-11-12(2)28-21-19(27-11)18(14-6-16(7-14)22(23,24)25)29-20(30-21)13-4-5-32-17(8-13)15-9-26-31(3)10-15/h9-10,13-14,16-17H,4-8H2,1-3H3/t13?,14-,16-,17?. The molecule has 0 bridgehead atoms. The van der Waals surface area contributed by atoms with Crippen molar-refractivity contribution in [2.75, 3.05) is 6.61 Å². The Morgan fingerprint density at radius 1 is 1.00 bits per heavy atom. The number of rotatable bonds is 3. The van der Waals surface area contributed by atoms with Gasteiger partial charge in [-0.25, -0.2) is 19.9 Å². The van der Waals surface area contributed by atoms with Crippen molar-refractivity contribution in [2.24, 2.45) is 13.0 Å². The lowest BCUT2D eigenvalue weighted by Gasteiger charge is -2.36. The molecule has 0 amide bonds. The van der Waals surface area contributed by atoms with E-state index in [1.165, 1.54) is 0 Å². The molecule has 2 aliphatic rings. The highest BCUT2D eigenvalue weighted by atomic mass is 19.4. The van der Waals surface area contributed by atoms with Crippen LogP contribution in [0, 0.1) is 19.8 Å². The second-order valence-electron chi connectivity index (χ2n) is 8.97. The number of alkyl halides is 3. The minimum Gasteiger partial charge on any atom is -0.373 e. The summed E-state index contributed by atoms with van der Waals surface area (Å²) >= 11 is 0. The molecular weight excluding hydrogens is 421 g/mol. The van der Waals surface area contributed by atoms with Crippen LogP contribution < -0.4 is 0 Å². The average molecular weight is 446 g/mol. The Balaban J connectivity index is 1.50. The zero-order valence-electron chi connectivity index (χ0n) is 18.2. The van der Waals surface area contributed by atoms with Gasteiger partial charge in [-0.3, -0.25) is 4.68 Å². The second kappa shape index (κ2) is 7.75. The van der Waals surface area contributed by atoms with Gasteiger partial charge >= 0.3 is 6.18 Å². The van der Waals surface area contributed by atoms with E-state index >= 15 is 0 Å². The number of ether oxygens (including phenoxy) is 1. The van der Waals surface area contributed by atoms with Crippen LogP contribution in [0.3, 0.4) is 0 Å². The SMILES string of the molecule is Cc1nc2nc(C3CCOC(c4cnn(C)c4)C3)nc([C@H]3C[C@H](C(F)(F)F)C3)c2nc1C. The Hall–Kier alpha value is -2.62. The zero-order valence-corrected chi connectivity index (χ0v) is 18.2. The van der Waals surface area contributed by atoms with Crippen LogP contribution in [0.5, 0.6) is 0 Å². The molecule has 5 rings (SSSR count). The summed E-state index contributed by atoms with van der Waals surface area (Å²) in [6.45, 7) is 4.26. The van der Waals surface area contributed by atoms with Gasteiger partial charge in [0.2, 0.25) is 0 Å². The molecule has 10 heteroatoms. The summed E-state index contributed by atoms with van der Waals surface area (Å²) < 4.78 is 47.0. The van der Waals surface area contributed by atoms with E-state index in [9.17, 15) is 13.2 Å². The van der Waals surface area contributed by atoms with Crippen LogP contribution in [-0.2, 0) is 11.8 Å². The summed E-state index contributed by atoms with van der Waals surface area (Å²) in [6.07, 6.45) is 0.949. The Labute approximate surface area is 183 Å². The van der Waals surface area contributed by atoms with Crippen LogP contribution >= 0.6 is 0 Å². The summed E-state index contributed by atoms with van der Waals surface area (Å²) in [7, 11) is 1.86. The second-order valence-corrected chi connectivity index (χ2v) is 8.97. The number of fused-ring (bicyclic) bond motifs is 1. The first-order valence-electron chi connectivity index (χ1n) is 10.9. The molecule has 4 heterocycles. The van der Waals surface area contributed by atoms with Crippen molar-refractivity contribution in [1.29, 1.82) is 0 Å². The molecule has 170 valence electrons. The van der Waals surface area contributed by atoms with E-state index in [2.05, 4.69) is 15.1 Å². The minimum atomic E-state index is -4.17. The number of aryl methyl sites for hydroxylation is 3. The highest BCUT2D eigenvalue weighted by Crippen LogP contribution is 2.50. The van der Waals surface area contributed by atoms with Crippen molar-refractivity contribution in [2.45, 2.75) is 63.6 Å².